The fourth-order valence-electron chi connectivity index (χ4n) is 1.03. The van der Waals surface area contributed by atoms with E-state index >= 15 is 0 Å². The van der Waals surface area contributed by atoms with Gasteiger partial charge in [0.2, 0.25) is 5.91 Å². The number of carbonyl (C=O) groups excluding carboxylic acids is 2. The number of carboxylic acid groups (broad SMARTS) is 1. The number of carbonyl (C=O) groups is 3. The molecule has 0 bridgehead atoms. The maximum absolute atomic E-state index is 11.4. The molecular formula is C10H19N3O4. The molecule has 0 rings (SSSR count). The van der Waals surface area contributed by atoms with Crippen LogP contribution in [0.15, 0.2) is 0 Å². The van der Waals surface area contributed by atoms with Crippen LogP contribution in [0.4, 0.5) is 4.79 Å². The molecule has 0 aliphatic carbocycles. The summed E-state index contributed by atoms with van der Waals surface area (Å²) in [7, 11) is 1.39. The third-order valence-electron chi connectivity index (χ3n) is 2.26. The average Bonchev–Trinajstić information content (AvgIpc) is 2.27. The Hall–Kier alpha value is -1.79. The van der Waals surface area contributed by atoms with Crippen molar-refractivity contribution in [3.8, 4) is 0 Å². The van der Waals surface area contributed by atoms with Gasteiger partial charge in [-0.3, -0.25) is 4.79 Å². The van der Waals surface area contributed by atoms with Gasteiger partial charge in [0.05, 0.1) is 0 Å². The summed E-state index contributed by atoms with van der Waals surface area (Å²) in [6, 6.07) is -1.41. The van der Waals surface area contributed by atoms with Crippen molar-refractivity contribution < 1.29 is 19.5 Å². The Morgan fingerprint density at radius 3 is 2.35 bits per heavy atom. The summed E-state index contributed by atoms with van der Waals surface area (Å²) in [6.07, 6.45) is 0.175. The Bertz CT molecular complexity index is 293. The highest BCUT2D eigenvalue weighted by molar-refractivity contribution is 5.82. The number of likely N-dealkylation sites (N-methyl/N-ethyl adjacent to an activating group) is 1. The molecule has 0 spiro atoms. The van der Waals surface area contributed by atoms with Crippen molar-refractivity contribution in [2.24, 2.45) is 0 Å². The third kappa shape index (κ3) is 5.74. The van der Waals surface area contributed by atoms with Crippen molar-refractivity contribution in [1.29, 1.82) is 0 Å². The highest BCUT2D eigenvalue weighted by Gasteiger charge is 2.21. The van der Waals surface area contributed by atoms with Crippen LogP contribution in [0.3, 0.4) is 0 Å². The molecule has 0 saturated carbocycles. The smallest absolute Gasteiger partial charge is 0.326 e. The molecule has 3 N–H and O–H groups in total. The lowest BCUT2D eigenvalue weighted by Gasteiger charge is -2.21. The molecule has 1 atom stereocenters. The number of nitrogens with one attached hydrogen (secondary N) is 2. The number of amides is 3. The van der Waals surface area contributed by atoms with Gasteiger partial charge in [0.25, 0.3) is 0 Å². The van der Waals surface area contributed by atoms with E-state index in [0.717, 1.165) is 4.90 Å². The molecule has 17 heavy (non-hydrogen) atoms. The zero-order valence-electron chi connectivity index (χ0n) is 10.3. The number of carboxylic acids is 1. The second-order valence-corrected chi connectivity index (χ2v) is 3.56. The molecule has 0 aliphatic rings. The van der Waals surface area contributed by atoms with Gasteiger partial charge in [-0.1, -0.05) is 0 Å². The first-order chi connectivity index (χ1) is 7.90. The van der Waals surface area contributed by atoms with E-state index < -0.39 is 18.0 Å². The maximum atomic E-state index is 11.4. The summed E-state index contributed by atoms with van der Waals surface area (Å²) in [4.78, 5) is 34.2. The topological polar surface area (TPSA) is 98.7 Å². The van der Waals surface area contributed by atoms with Crippen molar-refractivity contribution in [3.05, 3.63) is 0 Å². The molecule has 0 saturated heterocycles. The fraction of sp³-hybridized carbons (Fsp3) is 0.700. The molecular weight excluding hydrogens is 226 g/mol. The van der Waals surface area contributed by atoms with Crippen LogP contribution in [0.1, 0.15) is 20.3 Å². The first kappa shape index (κ1) is 15.2. The van der Waals surface area contributed by atoms with Crippen LogP contribution in [0.2, 0.25) is 0 Å². The summed E-state index contributed by atoms with van der Waals surface area (Å²) in [5.41, 5.74) is 0. The molecule has 1 unspecified atom stereocenters. The lowest BCUT2D eigenvalue weighted by atomic mass is 10.3. The SMILES string of the molecule is CCNC(=O)CCNC(=O)N(C)C(C)C(=O)O. The second-order valence-electron chi connectivity index (χ2n) is 3.56. The van der Waals surface area contributed by atoms with Crippen molar-refractivity contribution in [1.82, 2.24) is 15.5 Å². The number of hydrogen-bond acceptors (Lipinski definition) is 3. The number of nitrogens with zero attached hydrogens (tertiary/aromatic N) is 1. The minimum Gasteiger partial charge on any atom is -0.480 e. The summed E-state index contributed by atoms with van der Waals surface area (Å²) in [5, 5.41) is 13.8. The van der Waals surface area contributed by atoms with Gasteiger partial charge in [-0.25, -0.2) is 9.59 Å². The molecule has 0 radical (unpaired) electrons. The largest absolute Gasteiger partial charge is 0.480 e. The lowest BCUT2D eigenvalue weighted by Crippen LogP contribution is -2.46. The van der Waals surface area contributed by atoms with Crippen LogP contribution in [-0.4, -0.2) is 54.1 Å². The Morgan fingerprint density at radius 2 is 1.88 bits per heavy atom. The number of rotatable bonds is 6. The van der Waals surface area contributed by atoms with E-state index in [2.05, 4.69) is 10.6 Å². The third-order valence-corrected chi connectivity index (χ3v) is 2.26. The first-order valence-corrected chi connectivity index (χ1v) is 5.40. The molecule has 0 aromatic heterocycles. The standard InChI is InChI=1S/C10H19N3O4/c1-4-11-8(14)5-6-12-10(17)13(3)7(2)9(15)16/h7H,4-6H2,1-3H3,(H,11,14)(H,12,17)(H,15,16). The molecule has 0 heterocycles. The van der Waals surface area contributed by atoms with Gasteiger partial charge >= 0.3 is 12.0 Å². The van der Waals surface area contributed by atoms with E-state index in [1.165, 1.54) is 14.0 Å². The van der Waals surface area contributed by atoms with Crippen molar-refractivity contribution in [2.75, 3.05) is 20.1 Å². The van der Waals surface area contributed by atoms with E-state index in [1.807, 2.05) is 0 Å². The van der Waals surface area contributed by atoms with Crippen LogP contribution in [0.25, 0.3) is 0 Å². The maximum Gasteiger partial charge on any atom is 0.326 e. The van der Waals surface area contributed by atoms with Gasteiger partial charge < -0.3 is 20.6 Å². The molecule has 3 amide bonds. The molecule has 98 valence electrons. The van der Waals surface area contributed by atoms with E-state index in [4.69, 9.17) is 5.11 Å². The van der Waals surface area contributed by atoms with Gasteiger partial charge in [-0.15, -0.1) is 0 Å². The Morgan fingerprint density at radius 1 is 1.29 bits per heavy atom. The zero-order chi connectivity index (χ0) is 13.4. The second kappa shape index (κ2) is 7.48. The quantitative estimate of drug-likeness (QED) is 0.594. The van der Waals surface area contributed by atoms with Gasteiger partial charge in [0.15, 0.2) is 0 Å². The summed E-state index contributed by atoms with van der Waals surface area (Å²) < 4.78 is 0. The highest BCUT2D eigenvalue weighted by Crippen LogP contribution is 1.95. The Labute approximate surface area is 100 Å². The summed E-state index contributed by atoms with van der Waals surface area (Å²) in [6.45, 7) is 3.94. The number of hydrogen-bond donors (Lipinski definition) is 3. The van der Waals surface area contributed by atoms with Crippen LogP contribution < -0.4 is 10.6 Å². The van der Waals surface area contributed by atoms with Gasteiger partial charge in [-0.05, 0) is 13.8 Å². The fourth-order valence-corrected chi connectivity index (χ4v) is 1.03. The minimum absolute atomic E-state index is 0.151. The van der Waals surface area contributed by atoms with Crippen molar-refractivity contribution >= 4 is 17.9 Å². The molecule has 7 heteroatoms. The van der Waals surface area contributed by atoms with Crippen LogP contribution in [-0.2, 0) is 9.59 Å². The Kier molecular flexibility index (Phi) is 6.69. The van der Waals surface area contributed by atoms with Crippen LogP contribution in [0.5, 0.6) is 0 Å². The van der Waals surface area contributed by atoms with Gasteiger partial charge in [0.1, 0.15) is 6.04 Å². The van der Waals surface area contributed by atoms with E-state index in [9.17, 15) is 14.4 Å². The van der Waals surface area contributed by atoms with Gasteiger partial charge in [-0.2, -0.15) is 0 Å². The molecule has 0 aromatic rings. The number of aliphatic carboxylic acids is 1. The molecule has 7 nitrogen and oxygen atoms in total. The molecule has 0 aromatic carbocycles. The monoisotopic (exact) mass is 245 g/mol. The normalized spacial score (nSPS) is 11.5. The summed E-state index contributed by atoms with van der Waals surface area (Å²) >= 11 is 0. The lowest BCUT2D eigenvalue weighted by molar-refractivity contribution is -0.141. The van der Waals surface area contributed by atoms with E-state index in [0.29, 0.717) is 6.54 Å². The van der Waals surface area contributed by atoms with Crippen LogP contribution in [0, 0.1) is 0 Å². The van der Waals surface area contributed by atoms with Crippen LogP contribution >= 0.6 is 0 Å². The average molecular weight is 245 g/mol. The van der Waals surface area contributed by atoms with E-state index in [1.54, 1.807) is 6.92 Å². The number of urea groups is 1. The highest BCUT2D eigenvalue weighted by atomic mass is 16.4. The van der Waals surface area contributed by atoms with Crippen molar-refractivity contribution in [2.45, 2.75) is 26.3 Å². The first-order valence-electron chi connectivity index (χ1n) is 5.40. The van der Waals surface area contributed by atoms with Crippen molar-refractivity contribution in [3.63, 3.8) is 0 Å². The predicted molar refractivity (Wildman–Crippen MR) is 61.6 cm³/mol. The molecule has 0 aliphatic heterocycles. The minimum atomic E-state index is -1.08. The molecule has 0 fully saturated rings. The zero-order valence-corrected chi connectivity index (χ0v) is 10.3. The Balaban J connectivity index is 3.94. The van der Waals surface area contributed by atoms with E-state index in [-0.39, 0.29) is 18.9 Å². The summed E-state index contributed by atoms with van der Waals surface area (Å²) in [5.74, 6) is -1.23. The van der Waals surface area contributed by atoms with Gasteiger partial charge in [0, 0.05) is 26.6 Å². The predicted octanol–water partition coefficient (Wildman–Crippen LogP) is -0.373.